The minimum atomic E-state index is 0.274. The molecule has 2 rings (SSSR count). The number of hydrogen-bond acceptors (Lipinski definition) is 4. The second-order valence-corrected chi connectivity index (χ2v) is 6.01. The van der Waals surface area contributed by atoms with Crippen molar-refractivity contribution in [2.45, 2.75) is 32.4 Å². The van der Waals surface area contributed by atoms with Crippen molar-refractivity contribution in [3.8, 4) is 0 Å². The first-order chi connectivity index (χ1) is 9.60. The number of hydrogen-bond donors (Lipinski definition) is 1. The molecule has 0 saturated carbocycles. The fraction of sp³-hybridized carbons (Fsp3) is 0.714. The predicted octanol–water partition coefficient (Wildman–Crippen LogP) is 0.993. The average Bonchev–Trinajstić information content (AvgIpc) is 2.82. The lowest BCUT2D eigenvalue weighted by Crippen LogP contribution is -2.53. The van der Waals surface area contributed by atoms with Crippen molar-refractivity contribution in [2.24, 2.45) is 12.8 Å². The van der Waals surface area contributed by atoms with Crippen LogP contribution in [-0.4, -0.2) is 56.8 Å². The number of nitrogens with zero attached hydrogens (tertiary/aromatic N) is 4. The second-order valence-electron chi connectivity index (χ2n) is 5.54. The average molecular weight is 295 g/mol. The summed E-state index contributed by atoms with van der Waals surface area (Å²) in [5.74, 6) is 0. The minimum Gasteiger partial charge on any atom is -0.392 e. The Morgan fingerprint density at radius 1 is 1.40 bits per heavy atom. The zero-order valence-electron chi connectivity index (χ0n) is 12.5. The molecule has 1 aliphatic heterocycles. The Bertz CT molecular complexity index is 437. The lowest BCUT2D eigenvalue weighted by molar-refractivity contribution is 0.110. The lowest BCUT2D eigenvalue weighted by Gasteiger charge is -2.38. The number of thiocarbonyl (C=S) groups is 1. The van der Waals surface area contributed by atoms with Crippen LogP contribution in [-0.2, 0) is 13.6 Å². The Hall–Kier alpha value is -0.980. The molecule has 0 amide bonds. The van der Waals surface area contributed by atoms with Gasteiger partial charge in [0.05, 0.1) is 17.2 Å². The molecule has 1 unspecified atom stereocenters. The predicted molar refractivity (Wildman–Crippen MR) is 85.5 cm³/mol. The van der Waals surface area contributed by atoms with Gasteiger partial charge in [-0.1, -0.05) is 25.6 Å². The third-order valence-corrected chi connectivity index (χ3v) is 4.17. The first-order valence-electron chi connectivity index (χ1n) is 7.33. The molecule has 20 heavy (non-hydrogen) atoms. The van der Waals surface area contributed by atoms with Gasteiger partial charge in [0.1, 0.15) is 0 Å². The number of aromatic nitrogens is 2. The van der Waals surface area contributed by atoms with Crippen LogP contribution >= 0.6 is 12.2 Å². The van der Waals surface area contributed by atoms with E-state index in [1.165, 1.54) is 5.56 Å². The normalized spacial score (nSPS) is 19.1. The maximum Gasteiger partial charge on any atom is 0.0902 e. The standard InChI is InChI=1S/C14H25N5S/c1-3-4-13(14(15)20)19-7-5-18(6-8-19)11-12-9-16-17(2)10-12/h9-10,13H,3-8,11H2,1-2H3,(H2,15,20). The quantitative estimate of drug-likeness (QED) is 0.793. The Morgan fingerprint density at radius 2 is 2.10 bits per heavy atom. The van der Waals surface area contributed by atoms with E-state index in [2.05, 4.69) is 28.0 Å². The molecule has 2 heterocycles. The van der Waals surface area contributed by atoms with Gasteiger partial charge < -0.3 is 5.73 Å². The fourth-order valence-corrected chi connectivity index (χ4v) is 3.09. The molecule has 1 aromatic rings. The van der Waals surface area contributed by atoms with E-state index in [1.54, 1.807) is 0 Å². The molecular weight excluding hydrogens is 270 g/mol. The second kappa shape index (κ2) is 7.15. The molecule has 0 spiro atoms. The Balaban J connectivity index is 1.83. The smallest absolute Gasteiger partial charge is 0.0902 e. The van der Waals surface area contributed by atoms with Gasteiger partial charge in [0, 0.05) is 51.5 Å². The summed E-state index contributed by atoms with van der Waals surface area (Å²) in [4.78, 5) is 5.55. The third kappa shape index (κ3) is 4.01. The van der Waals surface area contributed by atoms with Gasteiger partial charge in [0.15, 0.2) is 0 Å². The fourth-order valence-electron chi connectivity index (χ4n) is 2.82. The Kier molecular flexibility index (Phi) is 5.51. The van der Waals surface area contributed by atoms with Crippen LogP contribution in [0.4, 0.5) is 0 Å². The van der Waals surface area contributed by atoms with Crippen LogP contribution in [0, 0.1) is 0 Å². The maximum atomic E-state index is 5.88. The Labute approximate surface area is 126 Å². The van der Waals surface area contributed by atoms with Gasteiger partial charge in [-0.15, -0.1) is 0 Å². The van der Waals surface area contributed by atoms with E-state index < -0.39 is 0 Å². The summed E-state index contributed by atoms with van der Waals surface area (Å²) in [7, 11) is 1.96. The topological polar surface area (TPSA) is 50.3 Å². The summed E-state index contributed by atoms with van der Waals surface area (Å²) < 4.78 is 1.86. The molecule has 1 aliphatic rings. The molecule has 0 radical (unpaired) electrons. The molecule has 0 aliphatic carbocycles. The number of rotatable bonds is 6. The van der Waals surface area contributed by atoms with Crippen LogP contribution in [0.25, 0.3) is 0 Å². The zero-order valence-corrected chi connectivity index (χ0v) is 13.3. The highest BCUT2D eigenvalue weighted by molar-refractivity contribution is 7.80. The van der Waals surface area contributed by atoms with Crippen LogP contribution in [0.5, 0.6) is 0 Å². The lowest BCUT2D eigenvalue weighted by atomic mass is 10.1. The molecule has 1 fully saturated rings. The minimum absolute atomic E-state index is 0.274. The van der Waals surface area contributed by atoms with Crippen LogP contribution < -0.4 is 5.73 Å². The van der Waals surface area contributed by atoms with Crippen LogP contribution in [0.2, 0.25) is 0 Å². The summed E-state index contributed by atoms with van der Waals surface area (Å²) in [5, 5.41) is 4.22. The summed E-state index contributed by atoms with van der Waals surface area (Å²) in [5.41, 5.74) is 7.16. The van der Waals surface area contributed by atoms with E-state index in [0.717, 1.165) is 45.6 Å². The molecule has 2 N–H and O–H groups in total. The van der Waals surface area contributed by atoms with Gasteiger partial charge in [-0.25, -0.2) is 0 Å². The molecule has 6 heteroatoms. The van der Waals surface area contributed by atoms with E-state index >= 15 is 0 Å². The monoisotopic (exact) mass is 295 g/mol. The largest absolute Gasteiger partial charge is 0.392 e. The number of piperazine rings is 1. The number of aryl methyl sites for hydroxylation is 1. The van der Waals surface area contributed by atoms with Crippen LogP contribution in [0.1, 0.15) is 25.3 Å². The van der Waals surface area contributed by atoms with Gasteiger partial charge >= 0.3 is 0 Å². The highest BCUT2D eigenvalue weighted by Gasteiger charge is 2.25. The van der Waals surface area contributed by atoms with Gasteiger partial charge in [-0.3, -0.25) is 14.5 Å². The zero-order chi connectivity index (χ0) is 14.5. The first kappa shape index (κ1) is 15.4. The number of nitrogens with two attached hydrogens (primary N) is 1. The van der Waals surface area contributed by atoms with Crippen LogP contribution in [0.15, 0.2) is 12.4 Å². The SMILES string of the molecule is CCCC(C(N)=S)N1CCN(Cc2cnn(C)c2)CC1. The van der Waals surface area contributed by atoms with E-state index in [9.17, 15) is 0 Å². The summed E-state index contributed by atoms with van der Waals surface area (Å²) in [6, 6.07) is 0.274. The summed E-state index contributed by atoms with van der Waals surface area (Å²) in [6.45, 7) is 7.39. The molecular formula is C14H25N5S. The van der Waals surface area contributed by atoms with Crippen molar-refractivity contribution in [3.05, 3.63) is 18.0 Å². The van der Waals surface area contributed by atoms with Gasteiger partial charge in [0.2, 0.25) is 0 Å². The van der Waals surface area contributed by atoms with Crippen molar-refractivity contribution >= 4 is 17.2 Å². The molecule has 1 aromatic heterocycles. The van der Waals surface area contributed by atoms with E-state index in [4.69, 9.17) is 18.0 Å². The van der Waals surface area contributed by atoms with Crippen molar-refractivity contribution in [1.29, 1.82) is 0 Å². The Morgan fingerprint density at radius 3 is 2.60 bits per heavy atom. The van der Waals surface area contributed by atoms with E-state index in [-0.39, 0.29) is 6.04 Å². The molecule has 5 nitrogen and oxygen atoms in total. The van der Waals surface area contributed by atoms with Crippen molar-refractivity contribution in [2.75, 3.05) is 26.2 Å². The van der Waals surface area contributed by atoms with E-state index in [1.807, 2.05) is 17.9 Å². The van der Waals surface area contributed by atoms with Crippen molar-refractivity contribution in [3.63, 3.8) is 0 Å². The third-order valence-electron chi connectivity index (χ3n) is 3.90. The van der Waals surface area contributed by atoms with Crippen LogP contribution in [0.3, 0.4) is 0 Å². The van der Waals surface area contributed by atoms with E-state index in [0.29, 0.717) is 4.99 Å². The molecule has 1 atom stereocenters. The van der Waals surface area contributed by atoms with Gasteiger partial charge in [-0.05, 0) is 6.42 Å². The highest BCUT2D eigenvalue weighted by atomic mass is 32.1. The highest BCUT2D eigenvalue weighted by Crippen LogP contribution is 2.13. The summed E-state index contributed by atoms with van der Waals surface area (Å²) in [6.07, 6.45) is 6.22. The van der Waals surface area contributed by atoms with Gasteiger partial charge in [-0.2, -0.15) is 5.10 Å². The molecule has 0 aromatic carbocycles. The molecule has 112 valence electrons. The summed E-state index contributed by atoms with van der Waals surface area (Å²) >= 11 is 5.21. The first-order valence-corrected chi connectivity index (χ1v) is 7.74. The molecule has 0 bridgehead atoms. The van der Waals surface area contributed by atoms with Crippen molar-refractivity contribution in [1.82, 2.24) is 19.6 Å². The van der Waals surface area contributed by atoms with Crippen molar-refractivity contribution < 1.29 is 0 Å². The maximum absolute atomic E-state index is 5.88. The van der Waals surface area contributed by atoms with Gasteiger partial charge in [0.25, 0.3) is 0 Å². The molecule has 1 saturated heterocycles.